The zero-order chi connectivity index (χ0) is 26.9. The van der Waals surface area contributed by atoms with E-state index in [0.717, 1.165) is 80.9 Å². The molecule has 0 aliphatic heterocycles. The molecule has 0 atom stereocenters. The largest absolute Gasteiger partial charge is 0.494 e. The van der Waals surface area contributed by atoms with Gasteiger partial charge < -0.3 is 18.8 Å². The molecule has 0 fully saturated rings. The molecule has 2 aromatic rings. The van der Waals surface area contributed by atoms with Crippen LogP contribution in [0.1, 0.15) is 118 Å². The number of carbonyl (C=O) groups excluding carboxylic acids is 1. The minimum Gasteiger partial charge on any atom is -0.494 e. The lowest BCUT2D eigenvalue weighted by Gasteiger charge is -2.19. The molecule has 0 saturated carbocycles. The summed E-state index contributed by atoms with van der Waals surface area (Å²) in [5.74, 6) is 0.575. The second-order valence-electron chi connectivity index (χ2n) is 9.97. The molecule has 0 saturated heterocycles. The van der Waals surface area contributed by atoms with Gasteiger partial charge in [-0.3, -0.25) is 9.59 Å². The lowest BCUT2D eigenvalue weighted by molar-refractivity contribution is -0.132. The third-order valence-electron chi connectivity index (χ3n) is 6.64. The average Bonchev–Trinajstić information content (AvgIpc) is 2.88. The Morgan fingerprint density at radius 2 is 1.30 bits per heavy atom. The van der Waals surface area contributed by atoms with Crippen molar-refractivity contribution in [3.8, 4) is 17.2 Å². The van der Waals surface area contributed by atoms with E-state index >= 15 is 0 Å². The van der Waals surface area contributed by atoms with Crippen LogP contribution in [0.4, 0.5) is 0 Å². The Labute approximate surface area is 223 Å². The highest BCUT2D eigenvalue weighted by Gasteiger charge is 2.21. The van der Waals surface area contributed by atoms with Crippen molar-refractivity contribution in [2.75, 3.05) is 13.2 Å². The van der Waals surface area contributed by atoms with Gasteiger partial charge in [0.05, 0.1) is 18.7 Å². The Kier molecular flexibility index (Phi) is 14.8. The summed E-state index contributed by atoms with van der Waals surface area (Å²) in [6.45, 7) is 9.56. The number of hydrogen-bond donors (Lipinski definition) is 0. The van der Waals surface area contributed by atoms with Gasteiger partial charge in [-0.25, -0.2) is 0 Å². The van der Waals surface area contributed by atoms with Crippen LogP contribution in [0.3, 0.4) is 0 Å². The van der Waals surface area contributed by atoms with Crippen molar-refractivity contribution < 1.29 is 19.0 Å². The maximum atomic E-state index is 13.6. The Hall–Kier alpha value is -2.50. The van der Waals surface area contributed by atoms with Crippen LogP contribution in [0.15, 0.2) is 23.0 Å². The number of hydrogen-bond acceptors (Lipinski definition) is 5. The normalized spacial score (nSPS) is 11.1. The molecule has 0 N–H and O–H groups in total. The average molecular weight is 516 g/mol. The molecule has 0 spiro atoms. The number of esters is 1. The summed E-state index contributed by atoms with van der Waals surface area (Å²) in [5, 5.41) is 0.772. The van der Waals surface area contributed by atoms with E-state index in [1.165, 1.54) is 32.6 Å². The highest BCUT2D eigenvalue weighted by Crippen LogP contribution is 2.35. The number of unbranched alkanes of at least 4 members (excludes halogenated alkanes) is 11. The summed E-state index contributed by atoms with van der Waals surface area (Å²) in [7, 11) is 0. The third kappa shape index (κ3) is 10.4. The number of aryl methyl sites for hydroxylation is 1. The Morgan fingerprint density at radius 1 is 0.730 bits per heavy atom. The number of rotatable bonds is 20. The number of ether oxygens (including phenoxy) is 3. The first-order valence-corrected chi connectivity index (χ1v) is 14.7. The van der Waals surface area contributed by atoms with Gasteiger partial charge in [0.15, 0.2) is 5.75 Å². The van der Waals surface area contributed by atoms with Gasteiger partial charge in [0.1, 0.15) is 5.75 Å². The molecule has 0 aliphatic carbocycles. The summed E-state index contributed by atoms with van der Waals surface area (Å²) in [6.07, 6.45) is 15.6. The predicted octanol–water partition coefficient (Wildman–Crippen LogP) is 8.21. The zero-order valence-corrected chi connectivity index (χ0v) is 23.7. The van der Waals surface area contributed by atoms with Crippen LogP contribution in [-0.2, 0) is 11.3 Å². The second-order valence-corrected chi connectivity index (χ2v) is 9.97. The van der Waals surface area contributed by atoms with Gasteiger partial charge in [0.2, 0.25) is 5.75 Å². The zero-order valence-electron chi connectivity index (χ0n) is 23.7. The van der Waals surface area contributed by atoms with Gasteiger partial charge in [-0.1, -0.05) is 91.4 Å². The topological polar surface area (TPSA) is 66.8 Å². The van der Waals surface area contributed by atoms with Gasteiger partial charge in [-0.15, -0.1) is 0 Å². The SMILES string of the molecule is CCCCCCCCOc1ccc2c(OCCCCCC)c(OC(C)=O)c(=O)n(CCCCCC)c2c1. The molecule has 6 heteroatoms. The van der Waals surface area contributed by atoms with Crippen LogP contribution in [0.2, 0.25) is 0 Å². The van der Waals surface area contributed by atoms with Gasteiger partial charge in [-0.05, 0) is 31.4 Å². The molecule has 1 heterocycles. The highest BCUT2D eigenvalue weighted by atomic mass is 16.6. The summed E-state index contributed by atoms with van der Waals surface area (Å²) in [5.41, 5.74) is 0.442. The fourth-order valence-corrected chi connectivity index (χ4v) is 4.54. The molecule has 208 valence electrons. The minimum absolute atomic E-state index is 0.00766. The van der Waals surface area contributed by atoms with Crippen LogP contribution >= 0.6 is 0 Å². The fraction of sp³-hybridized carbons (Fsp3) is 0.677. The Morgan fingerprint density at radius 3 is 1.95 bits per heavy atom. The van der Waals surface area contributed by atoms with Crippen molar-refractivity contribution in [3.05, 3.63) is 28.6 Å². The number of carbonyl (C=O) groups is 1. The first kappa shape index (κ1) is 30.7. The molecule has 0 aliphatic rings. The summed E-state index contributed by atoms with van der Waals surface area (Å²) in [4.78, 5) is 25.5. The van der Waals surface area contributed by atoms with Crippen LogP contribution in [0, 0.1) is 0 Å². The standard InChI is InChI=1S/C31H49NO5/c1-5-8-11-14-15-18-22-35-26-19-20-27-28(24-26)32(21-16-12-9-6-2)31(34)30(37-25(4)33)29(27)36-23-17-13-10-7-3/h19-20,24H,5-18,21-23H2,1-4H3. The smallest absolute Gasteiger partial charge is 0.308 e. The third-order valence-corrected chi connectivity index (χ3v) is 6.64. The molecule has 0 bridgehead atoms. The van der Waals surface area contributed by atoms with Crippen molar-refractivity contribution in [2.24, 2.45) is 0 Å². The maximum Gasteiger partial charge on any atom is 0.308 e. The van der Waals surface area contributed by atoms with Crippen LogP contribution in [0.5, 0.6) is 17.2 Å². The van der Waals surface area contributed by atoms with E-state index in [9.17, 15) is 9.59 Å². The van der Waals surface area contributed by atoms with Crippen molar-refractivity contribution in [3.63, 3.8) is 0 Å². The van der Waals surface area contributed by atoms with Crippen LogP contribution in [-0.4, -0.2) is 23.8 Å². The monoisotopic (exact) mass is 515 g/mol. The number of benzene rings is 1. The van der Waals surface area contributed by atoms with E-state index in [-0.39, 0.29) is 11.3 Å². The van der Waals surface area contributed by atoms with Crippen LogP contribution < -0.4 is 19.8 Å². The summed E-state index contributed by atoms with van der Waals surface area (Å²) in [6, 6.07) is 5.80. The van der Waals surface area contributed by atoms with Crippen molar-refractivity contribution in [1.29, 1.82) is 0 Å². The van der Waals surface area contributed by atoms with Crippen molar-refractivity contribution in [2.45, 2.75) is 124 Å². The molecule has 6 nitrogen and oxygen atoms in total. The molecule has 0 radical (unpaired) electrons. The number of fused-ring (bicyclic) bond motifs is 1. The molecule has 37 heavy (non-hydrogen) atoms. The van der Waals surface area contributed by atoms with Crippen molar-refractivity contribution in [1.82, 2.24) is 4.57 Å². The van der Waals surface area contributed by atoms with Gasteiger partial charge in [0, 0.05) is 24.9 Å². The molecular formula is C31H49NO5. The number of aromatic nitrogens is 1. The van der Waals surface area contributed by atoms with Gasteiger partial charge >= 0.3 is 5.97 Å². The fourth-order valence-electron chi connectivity index (χ4n) is 4.54. The van der Waals surface area contributed by atoms with E-state index in [0.29, 0.717) is 25.5 Å². The van der Waals surface area contributed by atoms with E-state index in [2.05, 4.69) is 20.8 Å². The van der Waals surface area contributed by atoms with E-state index < -0.39 is 5.97 Å². The lowest BCUT2D eigenvalue weighted by atomic mass is 10.1. The predicted molar refractivity (Wildman–Crippen MR) is 152 cm³/mol. The first-order chi connectivity index (χ1) is 18.0. The van der Waals surface area contributed by atoms with E-state index in [1.54, 1.807) is 4.57 Å². The molecule has 0 unspecified atom stereocenters. The molecule has 0 amide bonds. The van der Waals surface area contributed by atoms with E-state index in [4.69, 9.17) is 14.2 Å². The maximum absolute atomic E-state index is 13.6. The second kappa shape index (κ2) is 17.9. The highest BCUT2D eigenvalue weighted by molar-refractivity contribution is 5.90. The summed E-state index contributed by atoms with van der Waals surface area (Å²) < 4.78 is 19.4. The van der Waals surface area contributed by atoms with Crippen LogP contribution in [0.25, 0.3) is 10.9 Å². The first-order valence-electron chi connectivity index (χ1n) is 14.7. The summed E-state index contributed by atoms with van der Waals surface area (Å²) >= 11 is 0. The van der Waals surface area contributed by atoms with E-state index in [1.807, 2.05) is 18.2 Å². The van der Waals surface area contributed by atoms with Crippen molar-refractivity contribution >= 4 is 16.9 Å². The molecular weight excluding hydrogens is 466 g/mol. The quantitative estimate of drug-likeness (QED) is 0.131. The van der Waals surface area contributed by atoms with Gasteiger partial charge in [0.25, 0.3) is 5.56 Å². The minimum atomic E-state index is -0.524. The lowest BCUT2D eigenvalue weighted by Crippen LogP contribution is -2.25. The molecule has 2 rings (SSSR count). The number of nitrogens with zero attached hydrogens (tertiary/aromatic N) is 1. The molecule has 1 aromatic carbocycles. The number of pyridine rings is 1. The van der Waals surface area contributed by atoms with Gasteiger partial charge in [-0.2, -0.15) is 0 Å². The Bertz CT molecular complexity index is 997. The molecule has 1 aromatic heterocycles. The Balaban J connectivity index is 2.35.